The third-order valence-electron chi connectivity index (χ3n) is 1.53. The van der Waals surface area contributed by atoms with Crippen LogP contribution in [0.2, 0.25) is 10.0 Å². The van der Waals surface area contributed by atoms with Crippen molar-refractivity contribution < 1.29 is 4.79 Å². The molecule has 4 heteroatoms. The van der Waals surface area contributed by atoms with Crippen molar-refractivity contribution in [3.05, 3.63) is 33.8 Å². The van der Waals surface area contributed by atoms with Gasteiger partial charge in [-0.3, -0.25) is 4.79 Å². The van der Waals surface area contributed by atoms with Crippen LogP contribution in [-0.2, 0) is 4.79 Å². The Morgan fingerprint density at radius 2 is 1.69 bits per heavy atom. The summed E-state index contributed by atoms with van der Waals surface area (Å²) in [6.07, 6.45) is 0. The van der Waals surface area contributed by atoms with Crippen LogP contribution in [0.5, 0.6) is 0 Å². The molecule has 0 fully saturated rings. The van der Waals surface area contributed by atoms with E-state index in [1.807, 2.05) is 0 Å². The standard InChI is InChI=1S/C9H7Cl3O/c1-5(13)9(12)6-2-7(10)4-8(11)3-6/h2-4,9H,1H3. The van der Waals surface area contributed by atoms with E-state index in [0.29, 0.717) is 15.6 Å². The Morgan fingerprint density at radius 3 is 2.08 bits per heavy atom. The molecule has 0 aliphatic heterocycles. The zero-order valence-electron chi connectivity index (χ0n) is 6.85. The molecule has 0 N–H and O–H groups in total. The number of alkyl halides is 1. The first-order chi connectivity index (χ1) is 6.00. The third-order valence-corrected chi connectivity index (χ3v) is 2.53. The second-order valence-electron chi connectivity index (χ2n) is 2.68. The van der Waals surface area contributed by atoms with Gasteiger partial charge in [0.05, 0.1) is 0 Å². The highest BCUT2D eigenvalue weighted by atomic mass is 35.5. The van der Waals surface area contributed by atoms with Crippen molar-refractivity contribution >= 4 is 40.6 Å². The van der Waals surface area contributed by atoms with Crippen molar-refractivity contribution in [1.29, 1.82) is 0 Å². The minimum absolute atomic E-state index is 0.125. The highest BCUT2D eigenvalue weighted by molar-refractivity contribution is 6.35. The summed E-state index contributed by atoms with van der Waals surface area (Å²) in [7, 11) is 0. The molecular weight excluding hydrogens is 230 g/mol. The number of benzene rings is 1. The van der Waals surface area contributed by atoms with Crippen LogP contribution >= 0.6 is 34.8 Å². The molecule has 1 nitrogen and oxygen atoms in total. The van der Waals surface area contributed by atoms with Crippen LogP contribution in [-0.4, -0.2) is 5.78 Å². The zero-order valence-corrected chi connectivity index (χ0v) is 9.12. The molecule has 0 radical (unpaired) electrons. The summed E-state index contributed by atoms with van der Waals surface area (Å²) < 4.78 is 0. The molecule has 1 rings (SSSR count). The van der Waals surface area contributed by atoms with E-state index in [-0.39, 0.29) is 5.78 Å². The van der Waals surface area contributed by atoms with E-state index < -0.39 is 5.38 Å². The Balaban J connectivity index is 3.07. The number of carbonyl (C=O) groups excluding carboxylic acids is 1. The molecule has 0 saturated heterocycles. The van der Waals surface area contributed by atoms with Crippen molar-refractivity contribution in [2.75, 3.05) is 0 Å². The van der Waals surface area contributed by atoms with Crippen LogP contribution in [0.3, 0.4) is 0 Å². The fourth-order valence-corrected chi connectivity index (χ4v) is 1.63. The van der Waals surface area contributed by atoms with Crippen LogP contribution in [0.4, 0.5) is 0 Å². The summed E-state index contributed by atoms with van der Waals surface area (Å²) in [4.78, 5) is 10.9. The Labute approximate surface area is 91.6 Å². The number of halogens is 3. The van der Waals surface area contributed by atoms with Crippen molar-refractivity contribution in [2.45, 2.75) is 12.3 Å². The third kappa shape index (κ3) is 2.87. The van der Waals surface area contributed by atoms with Gasteiger partial charge in [0.2, 0.25) is 0 Å². The molecule has 0 amide bonds. The van der Waals surface area contributed by atoms with Gasteiger partial charge < -0.3 is 0 Å². The SMILES string of the molecule is CC(=O)C(Cl)c1cc(Cl)cc(Cl)c1. The predicted octanol–water partition coefficient (Wildman–Crippen LogP) is 3.86. The van der Waals surface area contributed by atoms with Crippen LogP contribution in [0.15, 0.2) is 18.2 Å². The molecule has 0 saturated carbocycles. The largest absolute Gasteiger partial charge is 0.298 e. The number of Topliss-reactive ketones (excluding diaryl/α,β-unsaturated/α-hetero) is 1. The summed E-state index contributed by atoms with van der Waals surface area (Å²) in [6.45, 7) is 1.42. The van der Waals surface area contributed by atoms with Crippen LogP contribution < -0.4 is 0 Å². The Morgan fingerprint density at radius 1 is 1.23 bits per heavy atom. The number of hydrogen-bond donors (Lipinski definition) is 0. The smallest absolute Gasteiger partial charge is 0.152 e. The number of carbonyl (C=O) groups is 1. The molecule has 0 aliphatic carbocycles. The first-order valence-electron chi connectivity index (χ1n) is 3.61. The quantitative estimate of drug-likeness (QED) is 0.714. The first-order valence-corrected chi connectivity index (χ1v) is 4.80. The molecule has 70 valence electrons. The van der Waals surface area contributed by atoms with E-state index in [1.54, 1.807) is 18.2 Å². The van der Waals surface area contributed by atoms with Crippen molar-refractivity contribution in [2.24, 2.45) is 0 Å². The molecule has 0 aromatic heterocycles. The van der Waals surface area contributed by atoms with Gasteiger partial charge in [-0.05, 0) is 30.7 Å². The lowest BCUT2D eigenvalue weighted by Gasteiger charge is -2.06. The minimum atomic E-state index is -0.670. The van der Waals surface area contributed by atoms with E-state index in [2.05, 4.69) is 0 Å². The Bertz CT molecular complexity index is 315. The molecule has 0 aliphatic rings. The molecule has 0 heterocycles. The molecule has 1 aromatic rings. The van der Waals surface area contributed by atoms with Gasteiger partial charge in [0.1, 0.15) is 5.38 Å². The van der Waals surface area contributed by atoms with Gasteiger partial charge in [0, 0.05) is 10.0 Å². The maximum atomic E-state index is 10.9. The van der Waals surface area contributed by atoms with Gasteiger partial charge in [-0.15, -0.1) is 11.6 Å². The summed E-state index contributed by atoms with van der Waals surface area (Å²) in [5.74, 6) is -0.125. The van der Waals surface area contributed by atoms with Gasteiger partial charge in [-0.2, -0.15) is 0 Å². The highest BCUT2D eigenvalue weighted by Crippen LogP contribution is 2.27. The molecule has 0 bridgehead atoms. The average molecular weight is 238 g/mol. The molecule has 13 heavy (non-hydrogen) atoms. The fraction of sp³-hybridized carbons (Fsp3) is 0.222. The molecule has 1 atom stereocenters. The average Bonchev–Trinajstić information content (AvgIpc) is 2.01. The fourth-order valence-electron chi connectivity index (χ4n) is 0.956. The van der Waals surface area contributed by atoms with E-state index in [4.69, 9.17) is 34.8 Å². The molecule has 1 unspecified atom stereocenters. The summed E-state index contributed by atoms with van der Waals surface area (Å²) in [5.41, 5.74) is 0.631. The molecular formula is C9H7Cl3O. The maximum Gasteiger partial charge on any atom is 0.152 e. The van der Waals surface area contributed by atoms with Gasteiger partial charge in [-0.1, -0.05) is 23.2 Å². The summed E-state index contributed by atoms with van der Waals surface area (Å²) in [5, 5.41) is 0.292. The lowest BCUT2D eigenvalue weighted by Crippen LogP contribution is -2.01. The molecule has 0 spiro atoms. The predicted molar refractivity (Wildman–Crippen MR) is 55.7 cm³/mol. The van der Waals surface area contributed by atoms with Gasteiger partial charge in [0.15, 0.2) is 5.78 Å². The van der Waals surface area contributed by atoms with Gasteiger partial charge in [-0.25, -0.2) is 0 Å². The van der Waals surface area contributed by atoms with E-state index in [0.717, 1.165) is 0 Å². The maximum absolute atomic E-state index is 10.9. The Kier molecular flexibility index (Phi) is 3.60. The topological polar surface area (TPSA) is 17.1 Å². The van der Waals surface area contributed by atoms with Crippen molar-refractivity contribution in [1.82, 2.24) is 0 Å². The number of hydrogen-bond acceptors (Lipinski definition) is 1. The minimum Gasteiger partial charge on any atom is -0.298 e. The van der Waals surface area contributed by atoms with E-state index in [1.165, 1.54) is 6.92 Å². The van der Waals surface area contributed by atoms with Gasteiger partial charge >= 0.3 is 0 Å². The van der Waals surface area contributed by atoms with Crippen molar-refractivity contribution in [3.8, 4) is 0 Å². The van der Waals surface area contributed by atoms with Crippen LogP contribution in [0, 0.1) is 0 Å². The zero-order chi connectivity index (χ0) is 10.0. The monoisotopic (exact) mass is 236 g/mol. The number of rotatable bonds is 2. The second-order valence-corrected chi connectivity index (χ2v) is 3.99. The normalized spacial score (nSPS) is 12.6. The second kappa shape index (κ2) is 4.32. The van der Waals surface area contributed by atoms with Gasteiger partial charge in [0.25, 0.3) is 0 Å². The lowest BCUT2D eigenvalue weighted by atomic mass is 10.1. The highest BCUT2D eigenvalue weighted by Gasteiger charge is 2.13. The van der Waals surface area contributed by atoms with E-state index >= 15 is 0 Å². The number of ketones is 1. The van der Waals surface area contributed by atoms with Crippen LogP contribution in [0.25, 0.3) is 0 Å². The summed E-state index contributed by atoms with van der Waals surface area (Å²) in [6, 6.07) is 4.86. The lowest BCUT2D eigenvalue weighted by molar-refractivity contribution is -0.116. The van der Waals surface area contributed by atoms with Crippen LogP contribution in [0.1, 0.15) is 17.9 Å². The first kappa shape index (κ1) is 10.8. The summed E-state index contributed by atoms with van der Waals surface area (Å²) >= 11 is 17.3. The molecule has 1 aromatic carbocycles. The Hall–Kier alpha value is -0.240. The van der Waals surface area contributed by atoms with Crippen molar-refractivity contribution in [3.63, 3.8) is 0 Å². The van der Waals surface area contributed by atoms with E-state index in [9.17, 15) is 4.79 Å².